The van der Waals surface area contributed by atoms with E-state index in [0.29, 0.717) is 19.1 Å². The average Bonchev–Trinajstić information content (AvgIpc) is 3.13. The van der Waals surface area contributed by atoms with Gasteiger partial charge in [-0.05, 0) is 35.2 Å². The highest BCUT2D eigenvalue weighted by Gasteiger charge is 2.06. The molecule has 23 heavy (non-hydrogen) atoms. The second-order valence-electron chi connectivity index (χ2n) is 4.85. The molecule has 0 aliphatic carbocycles. The van der Waals surface area contributed by atoms with E-state index < -0.39 is 0 Å². The fourth-order valence-electron chi connectivity index (χ4n) is 2.06. The molecular weight excluding hydrogens is 350 g/mol. The molecule has 0 bridgehead atoms. The summed E-state index contributed by atoms with van der Waals surface area (Å²) >= 11 is 8.64. The Balaban J connectivity index is 2.09. The zero-order chi connectivity index (χ0) is 16.4. The second kappa shape index (κ2) is 6.66. The van der Waals surface area contributed by atoms with E-state index in [1.807, 2.05) is 23.6 Å². The lowest BCUT2D eigenvalue weighted by Crippen LogP contribution is -2.29. The number of ketones is 1. The van der Waals surface area contributed by atoms with Crippen LogP contribution in [0.3, 0.4) is 0 Å². The molecule has 0 saturated carbocycles. The zero-order valence-corrected chi connectivity index (χ0v) is 14.5. The van der Waals surface area contributed by atoms with Gasteiger partial charge in [0.1, 0.15) is 4.66 Å². The molecule has 6 heteroatoms. The number of Topliss-reactive ketones (excluding diaryl/α,β-unsaturated/α-hetero) is 1. The molecule has 0 aliphatic heterocycles. The van der Waals surface area contributed by atoms with Gasteiger partial charge in [0.15, 0.2) is 5.78 Å². The molecule has 3 nitrogen and oxygen atoms in total. The van der Waals surface area contributed by atoms with Crippen molar-refractivity contribution in [3.8, 4) is 0 Å². The van der Waals surface area contributed by atoms with Gasteiger partial charge in [-0.1, -0.05) is 29.8 Å². The first-order valence-electron chi connectivity index (χ1n) is 6.77. The van der Waals surface area contributed by atoms with Crippen molar-refractivity contribution in [1.29, 1.82) is 0 Å². The Hall–Kier alpha value is -1.95. The van der Waals surface area contributed by atoms with Crippen molar-refractivity contribution in [2.75, 3.05) is 0 Å². The zero-order valence-electron chi connectivity index (χ0n) is 12.2. The van der Waals surface area contributed by atoms with E-state index in [9.17, 15) is 9.59 Å². The molecular formula is C17H12ClNO2S2. The summed E-state index contributed by atoms with van der Waals surface area (Å²) in [6, 6.07) is 10.9. The monoisotopic (exact) mass is 361 g/mol. The van der Waals surface area contributed by atoms with Crippen molar-refractivity contribution in [1.82, 2.24) is 4.57 Å². The van der Waals surface area contributed by atoms with Crippen LogP contribution in [0.2, 0.25) is 5.02 Å². The van der Waals surface area contributed by atoms with Gasteiger partial charge in [0, 0.05) is 18.1 Å². The van der Waals surface area contributed by atoms with Crippen LogP contribution in [0.5, 0.6) is 0 Å². The standard InChI is InChI=1S/C17H12ClNO2S2/c1-19-16(10-13(20)14-6-3-7-22-14)23-15(17(19)21)9-11-4-2-5-12(18)8-11/h2-10H,1H3/b15-9+,16-10-. The van der Waals surface area contributed by atoms with Crippen molar-refractivity contribution < 1.29 is 4.79 Å². The minimum atomic E-state index is -0.125. The maximum Gasteiger partial charge on any atom is 0.268 e. The highest BCUT2D eigenvalue weighted by molar-refractivity contribution is 7.12. The summed E-state index contributed by atoms with van der Waals surface area (Å²) in [7, 11) is 1.67. The van der Waals surface area contributed by atoms with E-state index in [0.717, 1.165) is 5.56 Å². The predicted molar refractivity (Wildman–Crippen MR) is 96.9 cm³/mol. The Bertz CT molecular complexity index is 1030. The van der Waals surface area contributed by atoms with Gasteiger partial charge < -0.3 is 4.57 Å². The molecule has 0 atom stereocenters. The summed E-state index contributed by atoms with van der Waals surface area (Å²) in [5, 5.41) is 2.47. The van der Waals surface area contributed by atoms with Crippen LogP contribution in [0.1, 0.15) is 15.2 Å². The van der Waals surface area contributed by atoms with Crippen molar-refractivity contribution in [3.05, 3.63) is 76.8 Å². The molecule has 2 aromatic heterocycles. The highest BCUT2D eigenvalue weighted by Crippen LogP contribution is 2.11. The molecule has 2 heterocycles. The first-order valence-corrected chi connectivity index (χ1v) is 8.85. The van der Waals surface area contributed by atoms with Crippen LogP contribution >= 0.6 is 34.3 Å². The quantitative estimate of drug-likeness (QED) is 0.673. The van der Waals surface area contributed by atoms with E-state index in [1.165, 1.54) is 33.3 Å². The summed E-state index contributed by atoms with van der Waals surface area (Å²) in [4.78, 5) is 25.2. The van der Waals surface area contributed by atoms with Crippen LogP contribution in [0.25, 0.3) is 12.2 Å². The smallest absolute Gasteiger partial charge is 0.268 e. The summed E-state index contributed by atoms with van der Waals surface area (Å²) in [6.45, 7) is 0. The Morgan fingerprint density at radius 3 is 2.78 bits per heavy atom. The lowest BCUT2D eigenvalue weighted by molar-refractivity contribution is 0.106. The SMILES string of the molecule is Cn1c(=O)/c(=C\c2cccc(Cl)c2)s/c1=C\C(=O)c1cccs1. The third-order valence-corrected chi connectivity index (χ3v) is 5.46. The number of halogens is 1. The first kappa shape index (κ1) is 15.9. The van der Waals surface area contributed by atoms with Crippen molar-refractivity contribution in [2.24, 2.45) is 7.05 Å². The highest BCUT2D eigenvalue weighted by atomic mass is 35.5. The molecule has 0 fully saturated rings. The van der Waals surface area contributed by atoms with Gasteiger partial charge in [-0.2, -0.15) is 0 Å². The number of nitrogens with zero attached hydrogens (tertiary/aromatic N) is 1. The maximum atomic E-state index is 12.3. The number of benzene rings is 1. The van der Waals surface area contributed by atoms with E-state index in [4.69, 9.17) is 11.6 Å². The Morgan fingerprint density at radius 2 is 2.09 bits per heavy atom. The third kappa shape index (κ3) is 3.52. The van der Waals surface area contributed by atoms with Crippen LogP contribution in [-0.4, -0.2) is 10.4 Å². The average molecular weight is 362 g/mol. The first-order chi connectivity index (χ1) is 11.0. The summed E-state index contributed by atoms with van der Waals surface area (Å²) in [6.07, 6.45) is 3.29. The fraction of sp³-hybridized carbons (Fsp3) is 0.0588. The number of aromatic nitrogens is 1. The van der Waals surface area contributed by atoms with Gasteiger partial charge in [0.2, 0.25) is 0 Å². The van der Waals surface area contributed by atoms with Crippen molar-refractivity contribution in [2.45, 2.75) is 0 Å². The normalized spacial score (nSPS) is 12.8. The molecule has 0 radical (unpaired) electrons. The largest absolute Gasteiger partial charge is 0.302 e. The minimum absolute atomic E-state index is 0.0915. The Morgan fingerprint density at radius 1 is 1.26 bits per heavy atom. The van der Waals surface area contributed by atoms with Crippen LogP contribution in [0, 0.1) is 0 Å². The predicted octanol–water partition coefficient (Wildman–Crippen LogP) is 2.65. The van der Waals surface area contributed by atoms with Gasteiger partial charge in [0.05, 0.1) is 9.41 Å². The van der Waals surface area contributed by atoms with Crippen LogP contribution in [0.15, 0.2) is 46.6 Å². The Labute approximate surface area is 145 Å². The Kier molecular flexibility index (Phi) is 4.61. The molecule has 3 aromatic rings. The van der Waals surface area contributed by atoms with Crippen LogP contribution in [-0.2, 0) is 7.05 Å². The molecule has 0 N–H and O–H groups in total. The molecule has 1 aromatic carbocycles. The molecule has 0 amide bonds. The molecule has 0 spiro atoms. The fourth-order valence-corrected chi connectivity index (χ4v) is 3.92. The number of rotatable bonds is 3. The molecule has 0 saturated heterocycles. The van der Waals surface area contributed by atoms with Crippen molar-refractivity contribution >= 4 is 52.2 Å². The summed E-state index contributed by atoms with van der Waals surface area (Å²) in [5.41, 5.74) is 0.729. The number of hydrogen-bond donors (Lipinski definition) is 0. The van der Waals surface area contributed by atoms with Gasteiger partial charge >= 0.3 is 0 Å². The third-order valence-electron chi connectivity index (χ3n) is 3.23. The number of carbonyl (C=O) groups excluding carboxylic acids is 1. The lowest BCUT2D eigenvalue weighted by atomic mass is 10.2. The van der Waals surface area contributed by atoms with Gasteiger partial charge in [-0.15, -0.1) is 22.7 Å². The van der Waals surface area contributed by atoms with E-state index in [1.54, 1.807) is 31.3 Å². The van der Waals surface area contributed by atoms with Crippen molar-refractivity contribution in [3.63, 3.8) is 0 Å². The minimum Gasteiger partial charge on any atom is -0.302 e. The van der Waals surface area contributed by atoms with Gasteiger partial charge in [0.25, 0.3) is 5.56 Å². The lowest BCUT2D eigenvalue weighted by Gasteiger charge is -1.91. The number of thiazole rings is 1. The van der Waals surface area contributed by atoms with E-state index in [2.05, 4.69) is 0 Å². The topological polar surface area (TPSA) is 39.1 Å². The molecule has 0 unspecified atom stereocenters. The molecule has 3 rings (SSSR count). The van der Waals surface area contributed by atoms with Crippen LogP contribution < -0.4 is 14.8 Å². The summed E-state index contributed by atoms with van der Waals surface area (Å²) in [5.74, 6) is -0.0915. The van der Waals surface area contributed by atoms with E-state index in [-0.39, 0.29) is 11.3 Å². The number of hydrogen-bond acceptors (Lipinski definition) is 4. The van der Waals surface area contributed by atoms with E-state index >= 15 is 0 Å². The maximum absolute atomic E-state index is 12.3. The summed E-state index contributed by atoms with van der Waals surface area (Å²) < 4.78 is 2.69. The molecule has 0 aliphatic rings. The number of thiophene rings is 1. The number of carbonyl (C=O) groups is 1. The molecule has 116 valence electrons. The van der Waals surface area contributed by atoms with Gasteiger partial charge in [-0.25, -0.2) is 0 Å². The van der Waals surface area contributed by atoms with Crippen LogP contribution in [0.4, 0.5) is 0 Å². The van der Waals surface area contributed by atoms with Gasteiger partial charge in [-0.3, -0.25) is 9.59 Å². The second-order valence-corrected chi connectivity index (χ2v) is 7.30.